The van der Waals surface area contributed by atoms with E-state index in [4.69, 9.17) is 0 Å². The fraction of sp³-hybridized carbons (Fsp3) is 0.435. The smallest absolute Gasteiger partial charge is 0.258 e. The summed E-state index contributed by atoms with van der Waals surface area (Å²) in [5, 5.41) is 8.95. The second kappa shape index (κ2) is 6.70. The van der Waals surface area contributed by atoms with E-state index in [0.29, 0.717) is 29.3 Å². The first-order valence-electron chi connectivity index (χ1n) is 10.9. The molecular weight excluding hydrogens is 419 g/mol. The Labute approximate surface area is 182 Å². The Morgan fingerprint density at radius 2 is 1.81 bits per heavy atom. The van der Waals surface area contributed by atoms with E-state index in [9.17, 15) is 18.0 Å². The molecule has 2 fully saturated rings. The molecule has 3 aromatic rings. The minimum Gasteiger partial charge on any atom is -0.327 e. The van der Waals surface area contributed by atoms with Gasteiger partial charge in [-0.3, -0.25) is 14.2 Å². The van der Waals surface area contributed by atoms with Crippen LogP contribution in [0, 0.1) is 17.5 Å². The summed E-state index contributed by atoms with van der Waals surface area (Å²) in [5.41, 5.74) is 3.60. The van der Waals surface area contributed by atoms with Crippen molar-refractivity contribution in [2.75, 3.05) is 0 Å². The van der Waals surface area contributed by atoms with Crippen molar-refractivity contribution >= 4 is 5.91 Å². The van der Waals surface area contributed by atoms with Crippen LogP contribution >= 0.6 is 0 Å². The number of rotatable bonds is 3. The third-order valence-electron chi connectivity index (χ3n) is 7.14. The molecule has 1 saturated heterocycles. The number of hydrogen-bond donors (Lipinski definition) is 0. The molecule has 2 bridgehead atoms. The SMILES string of the molecule is Cn1nc2c(c1-c1ccc(F)c(F)c1F)C[C@H]1CC[C@@H]2N1C(=O)c1cnn(C)c1C1CC1. The Morgan fingerprint density at radius 3 is 2.56 bits per heavy atom. The van der Waals surface area contributed by atoms with Crippen LogP contribution in [0.2, 0.25) is 0 Å². The van der Waals surface area contributed by atoms with Gasteiger partial charge < -0.3 is 4.90 Å². The maximum absolute atomic E-state index is 14.6. The molecule has 2 atom stereocenters. The van der Waals surface area contributed by atoms with Gasteiger partial charge in [0.05, 0.1) is 34.9 Å². The van der Waals surface area contributed by atoms with E-state index in [1.165, 1.54) is 10.7 Å². The molecule has 3 aliphatic rings. The van der Waals surface area contributed by atoms with Gasteiger partial charge in [0, 0.05) is 37.2 Å². The van der Waals surface area contributed by atoms with Crippen LogP contribution in [0.1, 0.15) is 65.0 Å². The molecular formula is C23H22F3N5O. The standard InChI is InChI=1S/C23H22F3N5O/c1-29-21(11-3-4-11)15(10-27-29)23(32)31-12-5-8-17(31)20-14(9-12)22(30(2)28-20)13-6-7-16(24)19(26)18(13)25/h6-7,10-12,17H,3-5,8-9H2,1-2H3/t12-,17+/m1/s1. The molecule has 6 nitrogen and oxygen atoms in total. The summed E-state index contributed by atoms with van der Waals surface area (Å²) in [4.78, 5) is 15.5. The lowest BCUT2D eigenvalue weighted by Gasteiger charge is -2.34. The maximum atomic E-state index is 14.6. The van der Waals surface area contributed by atoms with Crippen molar-refractivity contribution in [3.8, 4) is 11.3 Å². The number of nitrogens with zero attached hydrogens (tertiary/aromatic N) is 5. The van der Waals surface area contributed by atoms with E-state index < -0.39 is 17.5 Å². The van der Waals surface area contributed by atoms with E-state index >= 15 is 0 Å². The number of fused-ring (bicyclic) bond motifs is 4. The first kappa shape index (κ1) is 19.6. The van der Waals surface area contributed by atoms with Gasteiger partial charge in [0.15, 0.2) is 17.5 Å². The molecule has 0 unspecified atom stereocenters. The average molecular weight is 441 g/mol. The van der Waals surface area contributed by atoms with Crippen LogP contribution < -0.4 is 0 Å². The second-order valence-corrected chi connectivity index (χ2v) is 9.06. The van der Waals surface area contributed by atoms with Crippen LogP contribution in [0.4, 0.5) is 13.2 Å². The van der Waals surface area contributed by atoms with Crippen LogP contribution in [0.25, 0.3) is 11.3 Å². The summed E-state index contributed by atoms with van der Waals surface area (Å²) in [6.07, 6.45) is 5.87. The minimum atomic E-state index is -1.49. The molecule has 1 aromatic carbocycles. The largest absolute Gasteiger partial charge is 0.327 e. The van der Waals surface area contributed by atoms with E-state index in [1.54, 1.807) is 17.9 Å². The van der Waals surface area contributed by atoms with Gasteiger partial charge in [0.2, 0.25) is 0 Å². The molecule has 0 N–H and O–H groups in total. The first-order chi connectivity index (χ1) is 15.4. The molecule has 0 radical (unpaired) electrons. The lowest BCUT2D eigenvalue weighted by atomic mass is 9.93. The van der Waals surface area contributed by atoms with E-state index in [-0.39, 0.29) is 23.6 Å². The van der Waals surface area contributed by atoms with Gasteiger partial charge in [-0.05, 0) is 44.2 Å². The highest BCUT2D eigenvalue weighted by atomic mass is 19.2. The third-order valence-corrected chi connectivity index (χ3v) is 7.14. The van der Waals surface area contributed by atoms with E-state index in [1.807, 2.05) is 11.9 Å². The molecule has 9 heteroatoms. The summed E-state index contributed by atoms with van der Waals surface area (Å²) in [5.74, 6) is -3.58. The highest BCUT2D eigenvalue weighted by Gasteiger charge is 2.47. The fourth-order valence-electron chi connectivity index (χ4n) is 5.59. The maximum Gasteiger partial charge on any atom is 0.258 e. The molecule has 32 heavy (non-hydrogen) atoms. The number of aryl methyl sites for hydroxylation is 2. The van der Waals surface area contributed by atoms with Gasteiger partial charge >= 0.3 is 0 Å². The van der Waals surface area contributed by atoms with Crippen LogP contribution in [0.15, 0.2) is 18.3 Å². The molecule has 2 aromatic heterocycles. The van der Waals surface area contributed by atoms with Crippen LogP contribution in [-0.4, -0.2) is 36.4 Å². The van der Waals surface area contributed by atoms with Gasteiger partial charge in [-0.1, -0.05) is 0 Å². The number of aromatic nitrogens is 4. The van der Waals surface area contributed by atoms with E-state index in [0.717, 1.165) is 43.0 Å². The Morgan fingerprint density at radius 1 is 1.03 bits per heavy atom. The van der Waals surface area contributed by atoms with Crippen molar-refractivity contribution in [1.29, 1.82) is 0 Å². The van der Waals surface area contributed by atoms with Crippen LogP contribution in [0.3, 0.4) is 0 Å². The molecule has 1 amide bonds. The Balaban J connectivity index is 1.42. The van der Waals surface area contributed by atoms with Crippen molar-refractivity contribution in [3.05, 3.63) is 58.3 Å². The fourth-order valence-corrected chi connectivity index (χ4v) is 5.59. The zero-order valence-corrected chi connectivity index (χ0v) is 17.8. The summed E-state index contributed by atoms with van der Waals surface area (Å²) < 4.78 is 45.3. The third kappa shape index (κ3) is 2.63. The number of carbonyl (C=O) groups excluding carboxylic acids is 1. The van der Waals surface area contributed by atoms with Crippen LogP contribution in [-0.2, 0) is 20.5 Å². The monoisotopic (exact) mass is 441 g/mol. The van der Waals surface area contributed by atoms with Gasteiger partial charge in [0.1, 0.15) is 0 Å². The van der Waals surface area contributed by atoms with Gasteiger partial charge in [-0.15, -0.1) is 0 Å². The summed E-state index contributed by atoms with van der Waals surface area (Å²) >= 11 is 0. The van der Waals surface area contributed by atoms with Crippen molar-refractivity contribution < 1.29 is 18.0 Å². The Kier molecular flexibility index (Phi) is 4.10. The number of amides is 1. The Hall–Kier alpha value is -3.10. The molecule has 6 rings (SSSR count). The van der Waals surface area contributed by atoms with Crippen molar-refractivity contribution in [1.82, 2.24) is 24.5 Å². The predicted octanol–water partition coefficient (Wildman–Crippen LogP) is 4.02. The van der Waals surface area contributed by atoms with Gasteiger partial charge in [-0.25, -0.2) is 13.2 Å². The average Bonchev–Trinajstić information content (AvgIpc) is 3.34. The number of hydrogen-bond acceptors (Lipinski definition) is 3. The molecule has 4 heterocycles. The van der Waals surface area contributed by atoms with E-state index in [2.05, 4.69) is 10.2 Å². The first-order valence-corrected chi connectivity index (χ1v) is 10.9. The quantitative estimate of drug-likeness (QED) is 0.577. The molecule has 0 spiro atoms. The summed E-state index contributed by atoms with van der Waals surface area (Å²) in [6, 6.07) is 1.91. The van der Waals surface area contributed by atoms with Gasteiger partial charge in [-0.2, -0.15) is 10.2 Å². The highest BCUT2D eigenvalue weighted by Crippen LogP contribution is 2.48. The summed E-state index contributed by atoms with van der Waals surface area (Å²) in [7, 11) is 3.54. The lowest BCUT2D eigenvalue weighted by molar-refractivity contribution is 0.0641. The normalized spacial score (nSPS) is 21.8. The minimum absolute atomic E-state index is 0.0115. The summed E-state index contributed by atoms with van der Waals surface area (Å²) in [6.45, 7) is 0. The highest BCUT2D eigenvalue weighted by molar-refractivity contribution is 5.96. The number of halogens is 3. The molecule has 1 aliphatic carbocycles. The van der Waals surface area contributed by atoms with Crippen LogP contribution in [0.5, 0.6) is 0 Å². The zero-order valence-electron chi connectivity index (χ0n) is 17.8. The number of benzene rings is 1. The Bertz CT molecular complexity index is 1280. The zero-order chi connectivity index (χ0) is 22.3. The molecule has 166 valence electrons. The topological polar surface area (TPSA) is 56.0 Å². The van der Waals surface area contributed by atoms with Crippen molar-refractivity contribution in [3.63, 3.8) is 0 Å². The van der Waals surface area contributed by atoms with Gasteiger partial charge in [0.25, 0.3) is 5.91 Å². The molecule has 1 saturated carbocycles. The second-order valence-electron chi connectivity index (χ2n) is 9.06. The predicted molar refractivity (Wildman–Crippen MR) is 109 cm³/mol. The number of carbonyl (C=O) groups is 1. The lowest BCUT2D eigenvalue weighted by Crippen LogP contribution is -2.42. The molecule has 2 aliphatic heterocycles. The van der Waals surface area contributed by atoms with Crippen molar-refractivity contribution in [2.45, 2.75) is 50.1 Å². The van der Waals surface area contributed by atoms with Crippen molar-refractivity contribution in [2.24, 2.45) is 14.1 Å².